The van der Waals surface area contributed by atoms with E-state index in [0.29, 0.717) is 10.7 Å². The van der Waals surface area contributed by atoms with Crippen molar-refractivity contribution in [1.29, 1.82) is 0 Å². The summed E-state index contributed by atoms with van der Waals surface area (Å²) in [5.74, 6) is -0.240. The van der Waals surface area contributed by atoms with E-state index in [1.165, 1.54) is 23.5 Å². The maximum atomic E-state index is 12.6. The number of thiazole rings is 1. The average Bonchev–Trinajstić information content (AvgIpc) is 3.01. The minimum Gasteiger partial charge on any atom is -0.392 e. The van der Waals surface area contributed by atoms with Crippen molar-refractivity contribution in [3.63, 3.8) is 0 Å². The zero-order chi connectivity index (χ0) is 17.9. The molecule has 1 atom stereocenters. The smallest absolute Gasteiger partial charge is 0.273 e. The molecule has 0 spiro atoms. The molecule has 0 bridgehead atoms. The highest BCUT2D eigenvalue weighted by Gasteiger charge is 2.23. The van der Waals surface area contributed by atoms with Crippen LogP contribution in [0.15, 0.2) is 29.6 Å². The monoisotopic (exact) mass is 349 g/mol. The largest absolute Gasteiger partial charge is 0.392 e. The number of hydrogen-bond acceptors (Lipinski definition) is 6. The number of benzene rings is 1. The standard InChI is InChI=1S/C16H19N3O4S/c1-10(2)18(8-11(3)20)16(21)14-9-24-15(17-14)12-4-6-13(7-5-12)19(22)23/h4-7,9-11,20H,8H2,1-3H3. The molecule has 0 aliphatic heterocycles. The average molecular weight is 349 g/mol. The van der Waals surface area contributed by atoms with E-state index in [1.54, 1.807) is 29.3 Å². The van der Waals surface area contributed by atoms with Crippen LogP contribution in [0, 0.1) is 10.1 Å². The SMILES string of the molecule is CC(O)CN(C(=O)c1csc(-c2ccc([N+](=O)[O-])cc2)n1)C(C)C. The molecule has 0 aliphatic carbocycles. The topological polar surface area (TPSA) is 96.6 Å². The minimum absolute atomic E-state index is 0.00882. The van der Waals surface area contributed by atoms with Crippen LogP contribution in [0.4, 0.5) is 5.69 Å². The predicted octanol–water partition coefficient (Wildman–Crippen LogP) is 2.95. The molecule has 0 radical (unpaired) electrons. The first-order chi connectivity index (χ1) is 11.3. The molecule has 1 amide bonds. The number of amides is 1. The molecule has 7 nitrogen and oxygen atoms in total. The van der Waals surface area contributed by atoms with E-state index < -0.39 is 11.0 Å². The Labute approximate surface area is 143 Å². The summed E-state index contributed by atoms with van der Waals surface area (Å²) >= 11 is 1.30. The Kier molecular flexibility index (Phi) is 5.63. The lowest BCUT2D eigenvalue weighted by molar-refractivity contribution is -0.384. The van der Waals surface area contributed by atoms with E-state index in [2.05, 4.69) is 4.98 Å². The van der Waals surface area contributed by atoms with Crippen molar-refractivity contribution in [3.05, 3.63) is 45.5 Å². The van der Waals surface area contributed by atoms with Gasteiger partial charge in [0.25, 0.3) is 11.6 Å². The van der Waals surface area contributed by atoms with Crippen molar-refractivity contribution in [1.82, 2.24) is 9.88 Å². The third-order valence-corrected chi connectivity index (χ3v) is 4.28. The molecule has 1 aromatic heterocycles. The number of nitro groups is 1. The predicted molar refractivity (Wildman–Crippen MR) is 92.1 cm³/mol. The lowest BCUT2D eigenvalue weighted by Crippen LogP contribution is -2.41. The number of rotatable bonds is 6. The van der Waals surface area contributed by atoms with Gasteiger partial charge in [-0.3, -0.25) is 14.9 Å². The molecule has 1 unspecified atom stereocenters. The van der Waals surface area contributed by atoms with E-state index in [1.807, 2.05) is 13.8 Å². The van der Waals surface area contributed by atoms with Crippen LogP contribution >= 0.6 is 11.3 Å². The summed E-state index contributed by atoms with van der Waals surface area (Å²) in [4.78, 5) is 28.7. The van der Waals surface area contributed by atoms with Crippen LogP contribution in [0.3, 0.4) is 0 Å². The molecule has 0 fully saturated rings. The van der Waals surface area contributed by atoms with E-state index >= 15 is 0 Å². The van der Waals surface area contributed by atoms with Gasteiger partial charge in [-0.2, -0.15) is 0 Å². The third-order valence-electron chi connectivity index (χ3n) is 3.39. The Balaban J connectivity index is 2.22. The maximum absolute atomic E-state index is 12.6. The molecule has 1 aromatic carbocycles. The summed E-state index contributed by atoms with van der Waals surface area (Å²) in [5, 5.41) is 22.5. The third kappa shape index (κ3) is 4.15. The molecule has 128 valence electrons. The van der Waals surface area contributed by atoms with Crippen LogP contribution in [0.1, 0.15) is 31.3 Å². The molecule has 0 saturated carbocycles. The van der Waals surface area contributed by atoms with Crippen LogP contribution in [0.2, 0.25) is 0 Å². The summed E-state index contributed by atoms with van der Waals surface area (Å²) in [6.07, 6.45) is -0.621. The van der Waals surface area contributed by atoms with Crippen molar-refractivity contribution in [2.45, 2.75) is 32.9 Å². The summed E-state index contributed by atoms with van der Waals surface area (Å²) in [6.45, 7) is 5.63. The number of nitro benzene ring substituents is 1. The second kappa shape index (κ2) is 7.50. The number of aromatic nitrogens is 1. The van der Waals surface area contributed by atoms with Crippen molar-refractivity contribution in [3.8, 4) is 10.6 Å². The Hall–Kier alpha value is -2.32. The second-order valence-corrected chi connectivity index (χ2v) is 6.60. The van der Waals surface area contributed by atoms with Gasteiger partial charge >= 0.3 is 0 Å². The molecule has 8 heteroatoms. The Bertz CT molecular complexity index is 725. The van der Waals surface area contributed by atoms with Crippen LogP contribution in [0.5, 0.6) is 0 Å². The number of carbonyl (C=O) groups is 1. The maximum Gasteiger partial charge on any atom is 0.273 e. The van der Waals surface area contributed by atoms with Gasteiger partial charge < -0.3 is 10.0 Å². The fourth-order valence-electron chi connectivity index (χ4n) is 2.19. The lowest BCUT2D eigenvalue weighted by atomic mass is 10.2. The lowest BCUT2D eigenvalue weighted by Gasteiger charge is -2.27. The highest BCUT2D eigenvalue weighted by Crippen LogP contribution is 2.26. The zero-order valence-corrected chi connectivity index (χ0v) is 14.5. The van der Waals surface area contributed by atoms with Gasteiger partial charge in [0.2, 0.25) is 0 Å². The summed E-state index contributed by atoms with van der Waals surface area (Å²) in [7, 11) is 0. The van der Waals surface area contributed by atoms with Gasteiger partial charge in [0.05, 0.1) is 11.0 Å². The Morgan fingerprint density at radius 2 is 1.96 bits per heavy atom. The summed E-state index contributed by atoms with van der Waals surface area (Å²) in [5.41, 5.74) is 1.04. The number of aliphatic hydroxyl groups is 1. The van der Waals surface area contributed by atoms with Gasteiger partial charge in [-0.25, -0.2) is 4.98 Å². The molecule has 0 aliphatic rings. The van der Waals surface area contributed by atoms with Crippen molar-refractivity contribution >= 4 is 22.9 Å². The van der Waals surface area contributed by atoms with Gasteiger partial charge in [0.1, 0.15) is 10.7 Å². The fraction of sp³-hybridized carbons (Fsp3) is 0.375. The normalized spacial score (nSPS) is 12.2. The molecule has 2 rings (SSSR count). The molecule has 1 heterocycles. The van der Waals surface area contributed by atoms with Crippen LogP contribution in [-0.4, -0.2) is 44.5 Å². The molecular weight excluding hydrogens is 330 g/mol. The van der Waals surface area contributed by atoms with Gasteiger partial charge in [0.15, 0.2) is 0 Å². The van der Waals surface area contributed by atoms with Crippen LogP contribution in [0.25, 0.3) is 10.6 Å². The number of non-ortho nitro benzene ring substituents is 1. The summed E-state index contributed by atoms with van der Waals surface area (Å²) in [6, 6.07) is 5.98. The zero-order valence-electron chi connectivity index (χ0n) is 13.7. The van der Waals surface area contributed by atoms with Gasteiger partial charge in [0, 0.05) is 35.7 Å². The molecule has 1 N–H and O–H groups in total. The number of aliphatic hydroxyl groups excluding tert-OH is 1. The number of carbonyl (C=O) groups excluding carboxylic acids is 1. The quantitative estimate of drug-likeness (QED) is 0.639. The summed E-state index contributed by atoms with van der Waals surface area (Å²) < 4.78 is 0. The highest BCUT2D eigenvalue weighted by atomic mass is 32.1. The van der Waals surface area contributed by atoms with E-state index in [4.69, 9.17) is 0 Å². The molecule has 0 saturated heterocycles. The Morgan fingerprint density at radius 1 is 1.33 bits per heavy atom. The van der Waals surface area contributed by atoms with E-state index in [0.717, 1.165) is 5.56 Å². The first-order valence-electron chi connectivity index (χ1n) is 7.49. The molecule has 24 heavy (non-hydrogen) atoms. The fourth-order valence-corrected chi connectivity index (χ4v) is 2.99. The first-order valence-corrected chi connectivity index (χ1v) is 8.37. The van der Waals surface area contributed by atoms with Crippen molar-refractivity contribution in [2.24, 2.45) is 0 Å². The highest BCUT2D eigenvalue weighted by molar-refractivity contribution is 7.13. The van der Waals surface area contributed by atoms with Crippen molar-refractivity contribution < 1.29 is 14.8 Å². The number of hydrogen-bond donors (Lipinski definition) is 1. The molecular formula is C16H19N3O4S. The molecule has 2 aromatic rings. The number of nitrogens with zero attached hydrogens (tertiary/aromatic N) is 3. The van der Waals surface area contributed by atoms with Gasteiger partial charge in [-0.1, -0.05) is 0 Å². The van der Waals surface area contributed by atoms with E-state index in [-0.39, 0.29) is 24.2 Å². The van der Waals surface area contributed by atoms with E-state index in [9.17, 15) is 20.0 Å². The van der Waals surface area contributed by atoms with Gasteiger partial charge in [-0.05, 0) is 32.9 Å². The van der Waals surface area contributed by atoms with Crippen LogP contribution < -0.4 is 0 Å². The Morgan fingerprint density at radius 3 is 2.46 bits per heavy atom. The van der Waals surface area contributed by atoms with Gasteiger partial charge in [-0.15, -0.1) is 11.3 Å². The minimum atomic E-state index is -0.621. The van der Waals surface area contributed by atoms with Crippen molar-refractivity contribution in [2.75, 3.05) is 6.54 Å². The first kappa shape index (κ1) is 18.0. The second-order valence-electron chi connectivity index (χ2n) is 5.74. The van der Waals surface area contributed by atoms with Crippen LogP contribution in [-0.2, 0) is 0 Å².